The Kier molecular flexibility index (Phi) is 19.3. The standard InChI is InChI=1S/C29H43N3O.C4H10.C2H6/c1-4-7-12-28-26(10-6-3)27-14-13-25(23-33)21-29(27)32(28)20-19-31(17-8-5-2)18-15-24-11-9-16-30-22-24;1-3-4-2;1-2/h4-5,7-8,13-14,21,23-24,30H,6,9-12,15-20,22H2,1-3H3;3-4H2,1-2H3;1-2H3/b7-4-,8-5-;;. The van der Waals surface area contributed by atoms with E-state index < -0.39 is 0 Å². The molecule has 0 radical (unpaired) electrons. The van der Waals surface area contributed by atoms with Crippen molar-refractivity contribution in [2.45, 2.75) is 106 Å². The largest absolute Gasteiger partial charge is 0.343 e. The molecule has 1 saturated heterocycles. The highest BCUT2D eigenvalue weighted by Gasteiger charge is 2.18. The molecule has 1 aliphatic rings. The Morgan fingerprint density at radius 2 is 1.77 bits per heavy atom. The van der Waals surface area contributed by atoms with E-state index in [1.165, 1.54) is 67.4 Å². The van der Waals surface area contributed by atoms with Crippen molar-refractivity contribution in [1.82, 2.24) is 14.8 Å². The Bertz CT molecular complexity index is 964. The van der Waals surface area contributed by atoms with Crippen LogP contribution in [0, 0.1) is 5.92 Å². The van der Waals surface area contributed by atoms with Crippen LogP contribution in [0.25, 0.3) is 10.9 Å². The number of aldehydes is 1. The molecule has 0 bridgehead atoms. The van der Waals surface area contributed by atoms with Crippen molar-refractivity contribution in [3.8, 4) is 0 Å². The average molecular weight is 538 g/mol. The Hall–Kier alpha value is -2.17. The van der Waals surface area contributed by atoms with Crippen molar-refractivity contribution in [2.24, 2.45) is 5.92 Å². The second-order valence-electron chi connectivity index (χ2n) is 10.4. The van der Waals surface area contributed by atoms with E-state index in [4.69, 9.17) is 0 Å². The molecule has 1 atom stereocenters. The van der Waals surface area contributed by atoms with Crippen LogP contribution in [0.4, 0.5) is 0 Å². The number of nitrogens with one attached hydrogen (secondary N) is 1. The van der Waals surface area contributed by atoms with E-state index in [9.17, 15) is 4.79 Å². The molecule has 4 nitrogen and oxygen atoms in total. The number of fused-ring (bicyclic) bond motifs is 1. The zero-order valence-electron chi connectivity index (χ0n) is 26.4. The van der Waals surface area contributed by atoms with E-state index in [1.807, 2.05) is 19.9 Å². The van der Waals surface area contributed by atoms with Gasteiger partial charge in [-0.1, -0.05) is 90.3 Å². The summed E-state index contributed by atoms with van der Waals surface area (Å²) in [7, 11) is 0. The van der Waals surface area contributed by atoms with Gasteiger partial charge in [-0.3, -0.25) is 9.69 Å². The molecule has 1 aromatic heterocycles. The fraction of sp³-hybridized carbons (Fsp3) is 0.629. The van der Waals surface area contributed by atoms with Crippen LogP contribution in [-0.2, 0) is 19.4 Å². The van der Waals surface area contributed by atoms with Gasteiger partial charge < -0.3 is 9.88 Å². The number of hydrogen-bond donors (Lipinski definition) is 1. The zero-order chi connectivity index (χ0) is 28.9. The lowest BCUT2D eigenvalue weighted by atomic mass is 9.96. The minimum atomic E-state index is 0.762. The first-order valence-corrected chi connectivity index (χ1v) is 15.9. The summed E-state index contributed by atoms with van der Waals surface area (Å²) in [6, 6.07) is 6.22. The Morgan fingerprint density at radius 3 is 2.36 bits per heavy atom. The zero-order valence-corrected chi connectivity index (χ0v) is 26.4. The summed E-state index contributed by atoms with van der Waals surface area (Å²) < 4.78 is 2.50. The predicted octanol–water partition coefficient (Wildman–Crippen LogP) is 8.63. The Balaban J connectivity index is 0.00000116. The number of benzene rings is 1. The maximum absolute atomic E-state index is 11.5. The van der Waals surface area contributed by atoms with Crippen LogP contribution in [0.2, 0.25) is 0 Å². The lowest BCUT2D eigenvalue weighted by Crippen LogP contribution is -2.34. The van der Waals surface area contributed by atoms with Crippen LogP contribution in [0.3, 0.4) is 0 Å². The normalized spacial score (nSPS) is 15.4. The number of unbranched alkanes of at least 4 members (excludes halogenated alkanes) is 1. The van der Waals surface area contributed by atoms with Crippen LogP contribution >= 0.6 is 0 Å². The molecule has 0 aliphatic carbocycles. The molecule has 39 heavy (non-hydrogen) atoms. The molecule has 2 aromatic rings. The fourth-order valence-corrected chi connectivity index (χ4v) is 5.14. The number of aromatic nitrogens is 1. The van der Waals surface area contributed by atoms with Gasteiger partial charge in [-0.2, -0.15) is 0 Å². The van der Waals surface area contributed by atoms with Gasteiger partial charge in [0.1, 0.15) is 6.29 Å². The molecule has 1 N–H and O–H groups in total. The highest BCUT2D eigenvalue weighted by molar-refractivity contribution is 5.90. The maximum atomic E-state index is 11.5. The van der Waals surface area contributed by atoms with E-state index in [0.29, 0.717) is 0 Å². The Labute approximate surface area is 240 Å². The molecule has 1 aliphatic heterocycles. The molecule has 1 unspecified atom stereocenters. The molecule has 2 heterocycles. The van der Waals surface area contributed by atoms with Crippen LogP contribution in [0.15, 0.2) is 42.5 Å². The minimum Gasteiger partial charge on any atom is -0.343 e. The van der Waals surface area contributed by atoms with Crippen molar-refractivity contribution in [3.05, 3.63) is 59.3 Å². The number of hydrogen-bond acceptors (Lipinski definition) is 3. The number of rotatable bonds is 14. The van der Waals surface area contributed by atoms with E-state index in [-0.39, 0.29) is 0 Å². The molecule has 4 heteroatoms. The van der Waals surface area contributed by atoms with Gasteiger partial charge in [0.05, 0.1) is 0 Å². The van der Waals surface area contributed by atoms with Crippen molar-refractivity contribution in [1.29, 1.82) is 0 Å². The first-order chi connectivity index (χ1) is 19.1. The van der Waals surface area contributed by atoms with Crippen LogP contribution < -0.4 is 5.32 Å². The van der Waals surface area contributed by atoms with Gasteiger partial charge in [0.2, 0.25) is 0 Å². The number of aryl methyl sites for hydroxylation is 1. The predicted molar refractivity (Wildman–Crippen MR) is 173 cm³/mol. The number of carbonyl (C=O) groups excluding carboxylic acids is 1. The van der Waals surface area contributed by atoms with Crippen LogP contribution in [0.1, 0.15) is 109 Å². The van der Waals surface area contributed by atoms with Crippen molar-refractivity contribution in [3.63, 3.8) is 0 Å². The molecular weight excluding hydrogens is 478 g/mol. The molecule has 1 aromatic carbocycles. The number of piperidine rings is 1. The van der Waals surface area contributed by atoms with Gasteiger partial charge in [0.25, 0.3) is 0 Å². The molecule has 0 spiro atoms. The topological polar surface area (TPSA) is 37.3 Å². The quantitative estimate of drug-likeness (QED) is 0.194. The van der Waals surface area contributed by atoms with Crippen molar-refractivity contribution in [2.75, 3.05) is 32.7 Å². The summed E-state index contributed by atoms with van der Waals surface area (Å²) in [6.45, 7) is 21.3. The summed E-state index contributed by atoms with van der Waals surface area (Å²) in [5, 5.41) is 4.88. The van der Waals surface area contributed by atoms with Gasteiger partial charge >= 0.3 is 0 Å². The summed E-state index contributed by atoms with van der Waals surface area (Å²) >= 11 is 0. The minimum absolute atomic E-state index is 0.762. The Morgan fingerprint density at radius 1 is 1.03 bits per heavy atom. The second-order valence-corrected chi connectivity index (χ2v) is 10.4. The van der Waals surface area contributed by atoms with Crippen molar-refractivity contribution >= 4 is 17.2 Å². The third kappa shape index (κ3) is 11.8. The number of nitrogens with zero attached hydrogens (tertiary/aromatic N) is 2. The SMILES string of the molecule is C/C=C\Cc1c(CCC)c2ccc(C=O)cc2n1CCN(C/C=C\C)CCC1CCCNC1.CC.CCCC. The number of allylic oxidation sites excluding steroid dienone is 3. The molecule has 0 amide bonds. The third-order valence-corrected chi connectivity index (χ3v) is 7.49. The van der Waals surface area contributed by atoms with Crippen LogP contribution in [0.5, 0.6) is 0 Å². The molecule has 1 fully saturated rings. The van der Waals surface area contributed by atoms with Gasteiger partial charge in [-0.15, -0.1) is 0 Å². The monoisotopic (exact) mass is 537 g/mol. The average Bonchev–Trinajstić information content (AvgIpc) is 3.28. The molecular formula is C35H59N3O. The number of carbonyl (C=O) groups is 1. The lowest BCUT2D eigenvalue weighted by Gasteiger charge is -2.27. The summed E-state index contributed by atoms with van der Waals surface area (Å²) in [6.07, 6.45) is 19.5. The van der Waals surface area contributed by atoms with E-state index >= 15 is 0 Å². The van der Waals surface area contributed by atoms with E-state index in [0.717, 1.165) is 63.2 Å². The van der Waals surface area contributed by atoms with E-state index in [1.54, 1.807) is 0 Å². The third-order valence-electron chi connectivity index (χ3n) is 7.49. The second kappa shape index (κ2) is 21.6. The first-order valence-electron chi connectivity index (χ1n) is 15.9. The smallest absolute Gasteiger partial charge is 0.150 e. The van der Waals surface area contributed by atoms with Gasteiger partial charge in [-0.25, -0.2) is 0 Å². The molecule has 0 saturated carbocycles. The summed E-state index contributed by atoms with van der Waals surface area (Å²) in [5.74, 6) is 0.802. The fourth-order valence-electron chi connectivity index (χ4n) is 5.14. The first kappa shape index (κ1) is 34.9. The highest BCUT2D eigenvalue weighted by atomic mass is 16.1. The maximum Gasteiger partial charge on any atom is 0.150 e. The molecule has 220 valence electrons. The van der Waals surface area contributed by atoms with Crippen molar-refractivity contribution < 1.29 is 4.79 Å². The van der Waals surface area contributed by atoms with Crippen LogP contribution in [-0.4, -0.2) is 48.5 Å². The van der Waals surface area contributed by atoms with E-state index in [2.05, 4.69) is 85.8 Å². The summed E-state index contributed by atoms with van der Waals surface area (Å²) in [5.41, 5.74) is 4.84. The van der Waals surface area contributed by atoms with Gasteiger partial charge in [-0.05, 0) is 76.7 Å². The molecule has 3 rings (SSSR count). The lowest BCUT2D eigenvalue weighted by molar-refractivity contribution is 0.112. The van der Waals surface area contributed by atoms with Gasteiger partial charge in [0.15, 0.2) is 0 Å². The van der Waals surface area contributed by atoms with Gasteiger partial charge in [0, 0.05) is 48.2 Å². The summed E-state index contributed by atoms with van der Waals surface area (Å²) in [4.78, 5) is 14.1. The highest BCUT2D eigenvalue weighted by Crippen LogP contribution is 2.29.